The maximum atomic E-state index is 15.5. The van der Waals surface area contributed by atoms with E-state index in [0.29, 0.717) is 12.1 Å². The number of aliphatic hydroxyl groups is 3. The normalized spacial score (nSPS) is 30.9. The number of ketones is 1. The molecule has 1 aliphatic heterocycles. The van der Waals surface area contributed by atoms with Gasteiger partial charge < -0.3 is 49.6 Å². The first-order valence-corrected chi connectivity index (χ1v) is 21.7. The van der Waals surface area contributed by atoms with E-state index in [4.69, 9.17) is 23.7 Å². The van der Waals surface area contributed by atoms with Gasteiger partial charge in [-0.3, -0.25) is 19.2 Å². The lowest BCUT2D eigenvalue weighted by Gasteiger charge is -2.67. The zero-order chi connectivity index (χ0) is 47.2. The lowest BCUT2D eigenvalue weighted by molar-refractivity contribution is -0.346. The van der Waals surface area contributed by atoms with Crippen LogP contribution in [0.15, 0.2) is 96.1 Å². The van der Waals surface area contributed by atoms with Crippen LogP contribution >= 0.6 is 0 Å². The Bertz CT molecular complexity index is 2370. The molecular formula is C49H56N2O14. The van der Waals surface area contributed by atoms with Crippen LogP contribution in [0, 0.1) is 16.7 Å². The lowest BCUT2D eigenvalue weighted by atomic mass is 9.44. The van der Waals surface area contributed by atoms with Crippen molar-refractivity contribution in [3.05, 3.63) is 113 Å². The summed E-state index contributed by atoms with van der Waals surface area (Å²) < 4.78 is 30.4. The summed E-state index contributed by atoms with van der Waals surface area (Å²) in [6, 6.07) is 21.4. The van der Waals surface area contributed by atoms with Gasteiger partial charge in [0.05, 0.1) is 35.6 Å². The molecule has 1 saturated heterocycles. The van der Waals surface area contributed by atoms with Crippen LogP contribution in [0.3, 0.4) is 0 Å². The molecule has 1 heterocycles. The van der Waals surface area contributed by atoms with E-state index in [2.05, 4.69) is 10.6 Å². The van der Waals surface area contributed by atoms with Gasteiger partial charge in [0.1, 0.15) is 23.9 Å². The summed E-state index contributed by atoms with van der Waals surface area (Å²) in [4.78, 5) is 84.0. The number of amides is 1. The third kappa shape index (κ3) is 8.10. The lowest BCUT2D eigenvalue weighted by Crippen LogP contribution is -2.82. The molecule has 0 spiro atoms. The number of hydrogen-bond acceptors (Lipinski definition) is 15. The first-order chi connectivity index (χ1) is 30.7. The van der Waals surface area contributed by atoms with Gasteiger partial charge in [0, 0.05) is 49.9 Å². The van der Waals surface area contributed by atoms with Crippen LogP contribution in [0.1, 0.15) is 93.6 Å². The summed E-state index contributed by atoms with van der Waals surface area (Å²) in [7, 11) is 0. The Hall–Kier alpha value is -5.94. The van der Waals surface area contributed by atoms with Gasteiger partial charge in [-0.15, -0.1) is 0 Å². The Morgan fingerprint density at radius 1 is 0.862 bits per heavy atom. The Labute approximate surface area is 376 Å². The highest BCUT2D eigenvalue weighted by molar-refractivity contribution is 5.96. The fourth-order valence-electron chi connectivity index (χ4n) is 10.5. The maximum absolute atomic E-state index is 15.5. The second kappa shape index (κ2) is 17.8. The number of benzene rings is 3. The van der Waals surface area contributed by atoms with E-state index in [1.165, 1.54) is 26.0 Å². The van der Waals surface area contributed by atoms with Gasteiger partial charge in [-0.1, -0.05) is 62.4 Å². The molecule has 1 unspecified atom stereocenters. The van der Waals surface area contributed by atoms with Crippen molar-refractivity contribution in [3.63, 3.8) is 0 Å². The SMILES string of the molecule is CCNc1ccc(C(=O)NC(c2ccccc2)[C@@H](O)C(=O)O[C@H]2C[C@@]3(O)[C@@H](OC(=O)c4ccccc4)[C@@H]4[C@]5(OC(C)=O)CO[C@@H]5C[C@H](O)[C@@]4(C)C(=O)[C@H](OC(C)=O)C(=C2C)C3(C)C)cc1. The molecule has 3 fully saturated rings. The van der Waals surface area contributed by atoms with E-state index in [0.717, 1.165) is 19.5 Å². The third-order valence-corrected chi connectivity index (χ3v) is 14.0. The van der Waals surface area contributed by atoms with E-state index in [-0.39, 0.29) is 35.3 Å². The Kier molecular flexibility index (Phi) is 12.9. The molecule has 7 rings (SSSR count). The molecule has 16 nitrogen and oxygen atoms in total. The summed E-state index contributed by atoms with van der Waals surface area (Å²) >= 11 is 0. The number of hydrogen-bond donors (Lipinski definition) is 5. The highest BCUT2D eigenvalue weighted by Crippen LogP contribution is 2.64. The second-order valence-corrected chi connectivity index (χ2v) is 18.1. The fraction of sp³-hybridized carbons (Fsp3) is 0.469. The molecule has 5 N–H and O–H groups in total. The molecule has 346 valence electrons. The van der Waals surface area contributed by atoms with Gasteiger partial charge >= 0.3 is 23.9 Å². The fourth-order valence-corrected chi connectivity index (χ4v) is 10.5. The zero-order valence-electron chi connectivity index (χ0n) is 37.4. The zero-order valence-corrected chi connectivity index (χ0v) is 37.4. The minimum Gasteiger partial charge on any atom is -0.456 e. The summed E-state index contributed by atoms with van der Waals surface area (Å²) in [5.74, 6) is -6.87. The summed E-state index contributed by atoms with van der Waals surface area (Å²) in [6.07, 6.45) is -10.6. The molecule has 16 heteroatoms. The van der Waals surface area contributed by atoms with E-state index in [1.54, 1.807) is 86.6 Å². The minimum absolute atomic E-state index is 0.00573. The Morgan fingerprint density at radius 3 is 2.06 bits per heavy atom. The highest BCUT2D eigenvalue weighted by Gasteiger charge is 2.78. The van der Waals surface area contributed by atoms with Crippen LogP contribution in [0.4, 0.5) is 5.69 Å². The molecular weight excluding hydrogens is 841 g/mol. The van der Waals surface area contributed by atoms with Gasteiger partial charge in [0.15, 0.2) is 23.6 Å². The molecule has 11 atom stereocenters. The van der Waals surface area contributed by atoms with Crippen LogP contribution < -0.4 is 10.6 Å². The van der Waals surface area contributed by atoms with E-state index in [9.17, 15) is 39.3 Å². The number of carbonyl (C=O) groups is 6. The molecule has 2 saturated carbocycles. The van der Waals surface area contributed by atoms with Crippen molar-refractivity contribution in [1.29, 1.82) is 0 Å². The van der Waals surface area contributed by atoms with Gasteiger partial charge in [0.25, 0.3) is 5.91 Å². The average Bonchev–Trinajstić information content (AvgIpc) is 3.26. The molecule has 4 aliphatic rings. The number of nitrogens with one attached hydrogen (secondary N) is 2. The number of esters is 4. The van der Waals surface area contributed by atoms with Crippen LogP contribution in [-0.4, -0.2) is 112 Å². The predicted molar refractivity (Wildman–Crippen MR) is 232 cm³/mol. The first kappa shape index (κ1) is 47.0. The number of rotatable bonds is 12. The second-order valence-electron chi connectivity index (χ2n) is 18.1. The van der Waals surface area contributed by atoms with Crippen LogP contribution in [0.25, 0.3) is 0 Å². The smallest absolute Gasteiger partial charge is 0.338 e. The number of fused-ring (bicyclic) bond motifs is 5. The standard InChI is InChI=1S/C49H56N2O14/c1-8-50-32-21-19-30(20-22-32)43(57)51-37(29-15-11-9-12-16-29)38(55)45(59)63-33-24-49(60)42(64-44(58)31-17-13-10-14-18-31)40-47(7,34(54)23-35-48(40,25-61-35)65-28(4)53)41(56)39(62-27(3)52)36(26(33)2)46(49,5)6/h9-22,33-35,37-40,42,50,54-55,60H,8,23-25H2,1-7H3,(H,51,57)/t33-,34-,35+,37?,38+,39+,40-,42-,47+,48-,49+/m0/s1. The number of anilines is 1. The largest absolute Gasteiger partial charge is 0.456 e. The number of aliphatic hydroxyl groups excluding tert-OH is 2. The van der Waals surface area contributed by atoms with Gasteiger partial charge in [0.2, 0.25) is 0 Å². The molecule has 65 heavy (non-hydrogen) atoms. The van der Waals surface area contributed by atoms with Gasteiger partial charge in [-0.05, 0) is 73.9 Å². The number of ether oxygens (including phenoxy) is 5. The molecule has 1 amide bonds. The number of carbonyl (C=O) groups excluding carboxylic acids is 6. The van der Waals surface area contributed by atoms with Gasteiger partial charge in [-0.2, -0.15) is 0 Å². The monoisotopic (exact) mass is 896 g/mol. The molecule has 3 aliphatic carbocycles. The van der Waals surface area contributed by atoms with Crippen LogP contribution in [-0.2, 0) is 42.9 Å². The summed E-state index contributed by atoms with van der Waals surface area (Å²) in [6.45, 7) is 10.6. The van der Waals surface area contributed by atoms with Crippen molar-refractivity contribution < 1.29 is 67.8 Å². The van der Waals surface area contributed by atoms with Crippen molar-refractivity contribution in [2.75, 3.05) is 18.5 Å². The Morgan fingerprint density at radius 2 is 1.49 bits per heavy atom. The van der Waals surface area contributed by atoms with Crippen molar-refractivity contribution in [3.8, 4) is 0 Å². The highest BCUT2D eigenvalue weighted by atomic mass is 16.6. The molecule has 2 bridgehead atoms. The molecule has 0 radical (unpaired) electrons. The minimum atomic E-state index is -2.40. The maximum Gasteiger partial charge on any atom is 0.338 e. The van der Waals surface area contributed by atoms with Gasteiger partial charge in [-0.25, -0.2) is 9.59 Å². The summed E-state index contributed by atoms with van der Waals surface area (Å²) in [5.41, 5.74) is -6.29. The quantitative estimate of drug-likeness (QED) is 0.0976. The predicted octanol–water partition coefficient (Wildman–Crippen LogP) is 4.17. The molecule has 0 aromatic heterocycles. The topological polar surface area (TPSA) is 233 Å². The van der Waals surface area contributed by atoms with E-state index < -0.39 is 113 Å². The van der Waals surface area contributed by atoms with Crippen molar-refractivity contribution in [2.45, 2.75) is 115 Å². The van der Waals surface area contributed by atoms with Crippen molar-refractivity contribution in [2.24, 2.45) is 16.7 Å². The van der Waals surface area contributed by atoms with E-state index >= 15 is 4.79 Å². The van der Waals surface area contributed by atoms with Crippen LogP contribution in [0.5, 0.6) is 0 Å². The van der Waals surface area contributed by atoms with Crippen molar-refractivity contribution >= 4 is 41.3 Å². The third-order valence-electron chi connectivity index (χ3n) is 14.0. The molecule has 3 aromatic carbocycles. The molecule has 3 aromatic rings. The first-order valence-electron chi connectivity index (χ1n) is 21.7. The number of Topliss-reactive ketones (excluding diaryl/α,β-unsaturated/α-hetero) is 1. The van der Waals surface area contributed by atoms with Crippen molar-refractivity contribution in [1.82, 2.24) is 5.32 Å². The Balaban J connectivity index is 1.36. The van der Waals surface area contributed by atoms with Crippen LogP contribution in [0.2, 0.25) is 0 Å². The average molecular weight is 897 g/mol. The van der Waals surface area contributed by atoms with E-state index in [1.807, 2.05) is 6.92 Å². The summed E-state index contributed by atoms with van der Waals surface area (Å²) in [5, 5.41) is 43.6.